The molecule has 0 fully saturated rings. The highest BCUT2D eigenvalue weighted by Gasteiger charge is 2.16. The molecule has 0 amide bonds. The molecule has 0 atom stereocenters. The van der Waals surface area contributed by atoms with Crippen molar-refractivity contribution in [1.29, 1.82) is 0 Å². The summed E-state index contributed by atoms with van der Waals surface area (Å²) in [5, 5.41) is 7.61. The van der Waals surface area contributed by atoms with Gasteiger partial charge in [-0.1, -0.05) is 103 Å². The Kier molecular flexibility index (Phi) is 6.73. The van der Waals surface area contributed by atoms with Crippen molar-refractivity contribution < 1.29 is 0 Å². The molecule has 0 saturated heterocycles. The van der Waals surface area contributed by atoms with Crippen molar-refractivity contribution in [3.63, 3.8) is 0 Å². The van der Waals surface area contributed by atoms with Crippen LogP contribution in [0.3, 0.4) is 0 Å². The molecule has 0 aliphatic heterocycles. The zero-order chi connectivity index (χ0) is 30.2. The normalized spacial score (nSPS) is 11.2. The third-order valence-corrected chi connectivity index (χ3v) is 8.67. The third kappa shape index (κ3) is 4.87. The molecule has 2 heteroatoms. The van der Waals surface area contributed by atoms with E-state index in [-0.39, 0.29) is 0 Å². The summed E-state index contributed by atoms with van der Waals surface area (Å²) in [5.41, 5.74) is 8.13. The first-order valence-corrected chi connectivity index (χ1v) is 15.4. The second-order valence-corrected chi connectivity index (χ2v) is 11.5. The highest BCUT2D eigenvalue weighted by Crippen LogP contribution is 2.41. The number of para-hydroxylation sites is 4. The van der Waals surface area contributed by atoms with Gasteiger partial charge >= 0.3 is 0 Å². The van der Waals surface area contributed by atoms with Crippen molar-refractivity contribution in [3.8, 4) is 0 Å². The molecule has 8 aromatic carbocycles. The van der Waals surface area contributed by atoms with Crippen LogP contribution in [0.25, 0.3) is 32.3 Å². The number of anilines is 6. The van der Waals surface area contributed by atoms with Crippen LogP contribution in [0.15, 0.2) is 176 Å². The largest absolute Gasteiger partial charge is 0.310 e. The first kappa shape index (κ1) is 26.7. The molecule has 0 aliphatic carbocycles. The molecule has 214 valence electrons. The molecule has 8 rings (SSSR count). The van der Waals surface area contributed by atoms with Crippen LogP contribution in [-0.2, 0) is 0 Å². The van der Waals surface area contributed by atoms with E-state index in [0.29, 0.717) is 0 Å². The van der Waals surface area contributed by atoms with E-state index >= 15 is 0 Å². The van der Waals surface area contributed by atoms with Crippen LogP contribution in [0.4, 0.5) is 34.1 Å². The lowest BCUT2D eigenvalue weighted by molar-refractivity contribution is 1.29. The van der Waals surface area contributed by atoms with Gasteiger partial charge < -0.3 is 9.80 Å². The van der Waals surface area contributed by atoms with Gasteiger partial charge in [-0.3, -0.25) is 0 Å². The maximum Gasteiger partial charge on any atom is 0.0468 e. The van der Waals surface area contributed by atoms with Crippen molar-refractivity contribution in [3.05, 3.63) is 181 Å². The molecule has 0 radical (unpaired) electrons. The van der Waals surface area contributed by atoms with Crippen molar-refractivity contribution in [1.82, 2.24) is 0 Å². The molecular weight excluding hydrogens is 544 g/mol. The molecule has 0 bridgehead atoms. The Morgan fingerprint density at radius 3 is 1.18 bits per heavy atom. The number of nitrogens with zero attached hydrogens (tertiary/aromatic N) is 2. The van der Waals surface area contributed by atoms with Gasteiger partial charge in [0.2, 0.25) is 0 Å². The molecule has 0 aromatic heterocycles. The molecule has 0 N–H and O–H groups in total. The highest BCUT2D eigenvalue weighted by atomic mass is 15.1. The predicted molar refractivity (Wildman–Crippen MR) is 193 cm³/mol. The molecule has 8 aromatic rings. The summed E-state index contributed by atoms with van der Waals surface area (Å²) in [5.74, 6) is 0. The fourth-order valence-electron chi connectivity index (χ4n) is 6.67. The van der Waals surface area contributed by atoms with Gasteiger partial charge in [0, 0.05) is 34.1 Å². The standard InChI is InChI=1S/C43H32N2/c1-31-28-33-30-39(45(36-18-10-4-11-19-36)37-20-12-5-13-21-37)23-26-40(33)42-25-22-32-29-38(24-27-41(32)43(31)42)44(34-14-6-2-7-15-34)35-16-8-3-9-17-35/h2-30H,1H3. The van der Waals surface area contributed by atoms with E-state index in [0.717, 1.165) is 34.1 Å². The monoisotopic (exact) mass is 576 g/mol. The van der Waals surface area contributed by atoms with Crippen LogP contribution in [0.5, 0.6) is 0 Å². The first-order chi connectivity index (χ1) is 22.2. The van der Waals surface area contributed by atoms with Gasteiger partial charge in [-0.05, 0) is 118 Å². The quantitative estimate of drug-likeness (QED) is 0.182. The van der Waals surface area contributed by atoms with Crippen molar-refractivity contribution in [2.24, 2.45) is 0 Å². The van der Waals surface area contributed by atoms with Crippen LogP contribution in [-0.4, -0.2) is 0 Å². The SMILES string of the molecule is Cc1cc2cc(N(c3ccccc3)c3ccccc3)ccc2c2ccc3cc(N(c4ccccc4)c4ccccc4)ccc3c12. The molecule has 2 nitrogen and oxygen atoms in total. The lowest BCUT2D eigenvalue weighted by atomic mass is 9.93. The molecular formula is C43H32N2. The smallest absolute Gasteiger partial charge is 0.0468 e. The van der Waals surface area contributed by atoms with Crippen molar-refractivity contribution >= 4 is 66.4 Å². The van der Waals surface area contributed by atoms with E-state index in [4.69, 9.17) is 0 Å². The van der Waals surface area contributed by atoms with Crippen LogP contribution in [0, 0.1) is 6.92 Å². The van der Waals surface area contributed by atoms with E-state index < -0.39 is 0 Å². The Bertz CT molecular complexity index is 2180. The summed E-state index contributed by atoms with van der Waals surface area (Å²) in [6.07, 6.45) is 0. The van der Waals surface area contributed by atoms with Gasteiger partial charge in [0.05, 0.1) is 0 Å². The topological polar surface area (TPSA) is 6.48 Å². The Balaban J connectivity index is 1.26. The minimum Gasteiger partial charge on any atom is -0.310 e. The maximum absolute atomic E-state index is 2.35. The van der Waals surface area contributed by atoms with E-state index in [9.17, 15) is 0 Å². The number of hydrogen-bond donors (Lipinski definition) is 0. The van der Waals surface area contributed by atoms with E-state index in [1.807, 2.05) is 0 Å². The minimum atomic E-state index is 1.14. The Morgan fingerprint density at radius 2 is 0.711 bits per heavy atom. The molecule has 0 saturated carbocycles. The average molecular weight is 577 g/mol. The van der Waals surface area contributed by atoms with E-state index in [1.165, 1.54) is 37.9 Å². The zero-order valence-electron chi connectivity index (χ0n) is 25.1. The summed E-state index contributed by atoms with van der Waals surface area (Å²) in [6, 6.07) is 63.0. The van der Waals surface area contributed by atoms with Gasteiger partial charge in [0.15, 0.2) is 0 Å². The van der Waals surface area contributed by atoms with Crippen LogP contribution in [0.1, 0.15) is 5.56 Å². The predicted octanol–water partition coefficient (Wildman–Crippen LogP) is 12.4. The van der Waals surface area contributed by atoms with Gasteiger partial charge in [0.1, 0.15) is 0 Å². The van der Waals surface area contributed by atoms with E-state index in [1.54, 1.807) is 0 Å². The van der Waals surface area contributed by atoms with Gasteiger partial charge in [0.25, 0.3) is 0 Å². The van der Waals surface area contributed by atoms with Crippen molar-refractivity contribution in [2.75, 3.05) is 9.80 Å². The Labute approximate surface area is 264 Å². The summed E-state index contributed by atoms with van der Waals surface area (Å²) < 4.78 is 0. The number of rotatable bonds is 6. The third-order valence-electron chi connectivity index (χ3n) is 8.67. The van der Waals surface area contributed by atoms with Gasteiger partial charge in [-0.25, -0.2) is 0 Å². The highest BCUT2D eigenvalue weighted by molar-refractivity contribution is 6.19. The lowest BCUT2D eigenvalue weighted by Crippen LogP contribution is -2.09. The second-order valence-electron chi connectivity index (χ2n) is 11.5. The average Bonchev–Trinajstić information content (AvgIpc) is 3.10. The number of aryl methyl sites for hydroxylation is 1. The molecule has 0 aliphatic rings. The zero-order valence-corrected chi connectivity index (χ0v) is 25.1. The van der Waals surface area contributed by atoms with Gasteiger partial charge in [-0.15, -0.1) is 0 Å². The van der Waals surface area contributed by atoms with Crippen LogP contribution < -0.4 is 9.80 Å². The molecule has 0 unspecified atom stereocenters. The maximum atomic E-state index is 2.35. The first-order valence-electron chi connectivity index (χ1n) is 15.4. The molecule has 0 heterocycles. The molecule has 45 heavy (non-hydrogen) atoms. The summed E-state index contributed by atoms with van der Waals surface area (Å²) in [4.78, 5) is 4.65. The summed E-state index contributed by atoms with van der Waals surface area (Å²) in [6.45, 7) is 2.24. The number of benzene rings is 8. The fraction of sp³-hybridized carbons (Fsp3) is 0.0233. The van der Waals surface area contributed by atoms with E-state index in [2.05, 4.69) is 193 Å². The number of fused-ring (bicyclic) bond motifs is 5. The summed E-state index contributed by atoms with van der Waals surface area (Å²) >= 11 is 0. The second kappa shape index (κ2) is 11.3. The lowest BCUT2D eigenvalue weighted by Gasteiger charge is -2.26. The fourth-order valence-corrected chi connectivity index (χ4v) is 6.67. The Morgan fingerprint density at radius 1 is 0.311 bits per heavy atom. The van der Waals surface area contributed by atoms with Crippen LogP contribution in [0.2, 0.25) is 0 Å². The summed E-state index contributed by atoms with van der Waals surface area (Å²) in [7, 11) is 0. The van der Waals surface area contributed by atoms with Gasteiger partial charge in [-0.2, -0.15) is 0 Å². The number of hydrogen-bond acceptors (Lipinski definition) is 2. The minimum absolute atomic E-state index is 1.14. The van der Waals surface area contributed by atoms with Crippen molar-refractivity contribution in [2.45, 2.75) is 6.92 Å². The molecule has 0 spiro atoms. The van der Waals surface area contributed by atoms with Crippen LogP contribution >= 0.6 is 0 Å². The Hall–Kier alpha value is -5.86.